The summed E-state index contributed by atoms with van der Waals surface area (Å²) in [6.45, 7) is 4.84. The van der Waals surface area contributed by atoms with Crippen LogP contribution in [-0.2, 0) is 14.4 Å². The lowest BCUT2D eigenvalue weighted by Crippen LogP contribution is -2.29. The molecule has 0 radical (unpaired) electrons. The fourth-order valence-corrected chi connectivity index (χ4v) is 2.53. The molecule has 0 saturated carbocycles. The molecule has 0 aliphatic carbocycles. The van der Waals surface area contributed by atoms with Gasteiger partial charge in [-0.05, 0) is 36.8 Å². The van der Waals surface area contributed by atoms with Gasteiger partial charge in [0, 0.05) is 25.2 Å². The van der Waals surface area contributed by atoms with Crippen LogP contribution in [0.1, 0.15) is 37.4 Å². The Morgan fingerprint density at radius 3 is 1.85 bits per heavy atom. The van der Waals surface area contributed by atoms with Crippen LogP contribution in [0.25, 0.3) is 0 Å². The second kappa shape index (κ2) is 8.80. The Labute approximate surface area is 153 Å². The van der Waals surface area contributed by atoms with Crippen molar-refractivity contribution in [3.63, 3.8) is 0 Å². The van der Waals surface area contributed by atoms with E-state index in [-0.39, 0.29) is 24.1 Å². The van der Waals surface area contributed by atoms with Gasteiger partial charge in [-0.2, -0.15) is 0 Å². The van der Waals surface area contributed by atoms with Gasteiger partial charge in [-0.15, -0.1) is 0 Å². The molecule has 0 fully saturated rings. The Hall–Kier alpha value is -3.15. The van der Waals surface area contributed by atoms with Crippen LogP contribution in [0.2, 0.25) is 0 Å². The maximum absolute atomic E-state index is 12.4. The Balaban J connectivity index is 2.03. The first-order valence-corrected chi connectivity index (χ1v) is 8.34. The van der Waals surface area contributed by atoms with Gasteiger partial charge >= 0.3 is 0 Å². The monoisotopic (exact) mass is 353 g/mol. The van der Waals surface area contributed by atoms with Gasteiger partial charge < -0.3 is 16.0 Å². The van der Waals surface area contributed by atoms with Crippen LogP contribution in [-0.4, -0.2) is 17.7 Å². The van der Waals surface area contributed by atoms with Crippen molar-refractivity contribution >= 4 is 29.1 Å². The molecule has 0 spiro atoms. The van der Waals surface area contributed by atoms with Crippen molar-refractivity contribution in [1.82, 2.24) is 5.32 Å². The van der Waals surface area contributed by atoms with Gasteiger partial charge in [0.1, 0.15) is 0 Å². The smallest absolute Gasteiger partial charge is 0.226 e. The van der Waals surface area contributed by atoms with Crippen molar-refractivity contribution in [3.05, 3.63) is 59.7 Å². The lowest BCUT2D eigenvalue weighted by Gasteiger charge is -2.18. The molecule has 2 aromatic carbocycles. The predicted molar refractivity (Wildman–Crippen MR) is 102 cm³/mol. The van der Waals surface area contributed by atoms with Crippen LogP contribution >= 0.6 is 0 Å². The molecule has 0 saturated heterocycles. The average molecular weight is 353 g/mol. The SMILES string of the molecule is CC(=O)Nc1ccc(NC(=O)CC(NC(C)=O)c2ccc(C)cc2)cc1. The Kier molecular flexibility index (Phi) is 6.49. The Morgan fingerprint density at radius 2 is 1.35 bits per heavy atom. The summed E-state index contributed by atoms with van der Waals surface area (Å²) < 4.78 is 0. The summed E-state index contributed by atoms with van der Waals surface area (Å²) in [5, 5.41) is 8.29. The fourth-order valence-electron chi connectivity index (χ4n) is 2.53. The molecule has 6 nitrogen and oxygen atoms in total. The standard InChI is InChI=1S/C20H23N3O3/c1-13-4-6-16(7-5-13)19(22-15(3)25)12-20(26)23-18-10-8-17(9-11-18)21-14(2)24/h4-11,19H,12H2,1-3H3,(H,21,24)(H,22,25)(H,23,26). The number of nitrogens with one attached hydrogen (secondary N) is 3. The van der Waals surface area contributed by atoms with Crippen LogP contribution in [0, 0.1) is 6.92 Å². The van der Waals surface area contributed by atoms with Gasteiger partial charge in [0.2, 0.25) is 17.7 Å². The molecule has 3 N–H and O–H groups in total. The maximum Gasteiger partial charge on any atom is 0.226 e. The van der Waals surface area contributed by atoms with Crippen LogP contribution in [0.5, 0.6) is 0 Å². The molecule has 3 amide bonds. The fraction of sp³-hybridized carbons (Fsp3) is 0.250. The van der Waals surface area contributed by atoms with E-state index in [1.165, 1.54) is 13.8 Å². The molecular weight excluding hydrogens is 330 g/mol. The van der Waals surface area contributed by atoms with E-state index in [9.17, 15) is 14.4 Å². The number of benzene rings is 2. The molecule has 0 bridgehead atoms. The first-order chi connectivity index (χ1) is 12.3. The quantitative estimate of drug-likeness (QED) is 0.745. The predicted octanol–water partition coefficient (Wildman–Crippen LogP) is 3.16. The normalized spacial score (nSPS) is 11.3. The van der Waals surface area contributed by atoms with E-state index in [0.717, 1.165) is 11.1 Å². The lowest BCUT2D eigenvalue weighted by atomic mass is 10.0. The minimum atomic E-state index is -0.397. The zero-order chi connectivity index (χ0) is 19.1. The van der Waals surface area contributed by atoms with Gasteiger partial charge in [-0.3, -0.25) is 14.4 Å². The van der Waals surface area contributed by atoms with Gasteiger partial charge in [0.15, 0.2) is 0 Å². The molecule has 26 heavy (non-hydrogen) atoms. The number of aryl methyl sites for hydroxylation is 1. The molecule has 0 aliphatic heterocycles. The lowest BCUT2D eigenvalue weighted by molar-refractivity contribution is -0.120. The number of rotatable bonds is 6. The Morgan fingerprint density at radius 1 is 0.808 bits per heavy atom. The highest BCUT2D eigenvalue weighted by Crippen LogP contribution is 2.19. The van der Waals surface area contributed by atoms with E-state index in [2.05, 4.69) is 16.0 Å². The summed E-state index contributed by atoms with van der Waals surface area (Å²) in [7, 11) is 0. The first kappa shape index (κ1) is 19.2. The third kappa shape index (κ3) is 6.05. The van der Waals surface area contributed by atoms with Crippen molar-refractivity contribution in [3.8, 4) is 0 Å². The van der Waals surface area contributed by atoms with Crippen molar-refractivity contribution in [2.75, 3.05) is 10.6 Å². The minimum Gasteiger partial charge on any atom is -0.349 e. The van der Waals surface area contributed by atoms with E-state index >= 15 is 0 Å². The molecule has 136 valence electrons. The highest BCUT2D eigenvalue weighted by molar-refractivity contribution is 5.92. The van der Waals surface area contributed by atoms with Gasteiger partial charge in [-0.1, -0.05) is 29.8 Å². The molecular formula is C20H23N3O3. The highest BCUT2D eigenvalue weighted by Gasteiger charge is 2.17. The molecule has 1 unspecified atom stereocenters. The number of amides is 3. The third-order valence-corrected chi connectivity index (χ3v) is 3.74. The number of anilines is 2. The zero-order valence-corrected chi connectivity index (χ0v) is 15.1. The van der Waals surface area contributed by atoms with Crippen LogP contribution in [0.4, 0.5) is 11.4 Å². The van der Waals surface area contributed by atoms with E-state index in [1.807, 2.05) is 31.2 Å². The summed E-state index contributed by atoms with van der Waals surface area (Å²) in [4.78, 5) is 34.9. The molecule has 0 aliphatic rings. The minimum absolute atomic E-state index is 0.121. The van der Waals surface area contributed by atoms with Crippen molar-refractivity contribution in [1.29, 1.82) is 0 Å². The topological polar surface area (TPSA) is 87.3 Å². The van der Waals surface area contributed by atoms with Crippen molar-refractivity contribution in [2.45, 2.75) is 33.2 Å². The third-order valence-electron chi connectivity index (χ3n) is 3.74. The first-order valence-electron chi connectivity index (χ1n) is 8.34. The summed E-state index contributed by atoms with van der Waals surface area (Å²) in [5.41, 5.74) is 3.27. The van der Waals surface area contributed by atoms with Crippen molar-refractivity contribution < 1.29 is 14.4 Å². The highest BCUT2D eigenvalue weighted by atomic mass is 16.2. The number of hydrogen-bond donors (Lipinski definition) is 3. The van der Waals surface area contributed by atoms with E-state index < -0.39 is 6.04 Å². The zero-order valence-electron chi connectivity index (χ0n) is 15.1. The maximum atomic E-state index is 12.4. The van der Waals surface area contributed by atoms with Crippen LogP contribution in [0.15, 0.2) is 48.5 Å². The molecule has 1 atom stereocenters. The van der Waals surface area contributed by atoms with E-state index in [1.54, 1.807) is 24.3 Å². The molecule has 0 heterocycles. The van der Waals surface area contributed by atoms with Gasteiger partial charge in [0.25, 0.3) is 0 Å². The van der Waals surface area contributed by atoms with E-state index in [0.29, 0.717) is 11.4 Å². The summed E-state index contributed by atoms with van der Waals surface area (Å²) in [5.74, 6) is -0.558. The molecule has 6 heteroatoms. The molecule has 2 rings (SSSR count). The van der Waals surface area contributed by atoms with Crippen molar-refractivity contribution in [2.24, 2.45) is 0 Å². The summed E-state index contributed by atoms with van der Waals surface area (Å²) in [6.07, 6.45) is 0.121. The van der Waals surface area contributed by atoms with Crippen LogP contribution < -0.4 is 16.0 Å². The Bertz CT molecular complexity index is 783. The van der Waals surface area contributed by atoms with Crippen LogP contribution in [0.3, 0.4) is 0 Å². The second-order valence-electron chi connectivity index (χ2n) is 6.17. The van der Waals surface area contributed by atoms with E-state index in [4.69, 9.17) is 0 Å². The second-order valence-corrected chi connectivity index (χ2v) is 6.17. The number of carbonyl (C=O) groups excluding carboxylic acids is 3. The molecule has 0 aromatic heterocycles. The van der Waals surface area contributed by atoms with Gasteiger partial charge in [-0.25, -0.2) is 0 Å². The summed E-state index contributed by atoms with van der Waals surface area (Å²) in [6, 6.07) is 14.2. The molecule has 2 aromatic rings. The average Bonchev–Trinajstić information content (AvgIpc) is 2.56. The number of hydrogen-bond acceptors (Lipinski definition) is 3. The summed E-state index contributed by atoms with van der Waals surface area (Å²) >= 11 is 0. The number of carbonyl (C=O) groups is 3. The van der Waals surface area contributed by atoms with Gasteiger partial charge in [0.05, 0.1) is 12.5 Å². The largest absolute Gasteiger partial charge is 0.349 e.